The predicted molar refractivity (Wildman–Crippen MR) is 64.2 cm³/mol. The van der Waals surface area contributed by atoms with Crippen molar-refractivity contribution >= 4 is 5.97 Å². The largest absolute Gasteiger partial charge is 0.459 e. The quantitative estimate of drug-likeness (QED) is 0.703. The minimum absolute atomic E-state index is 0.292. The fourth-order valence-corrected chi connectivity index (χ4v) is 0.971. The van der Waals surface area contributed by atoms with Gasteiger partial charge in [0, 0.05) is 6.54 Å². The summed E-state index contributed by atoms with van der Waals surface area (Å²) >= 11 is 0. The molecule has 2 atom stereocenters. The maximum absolute atomic E-state index is 11.6. The molecule has 0 radical (unpaired) electrons. The fraction of sp³-hybridized carbons (Fsp3) is 0.917. The Morgan fingerprint density at radius 1 is 1.38 bits per heavy atom. The van der Waals surface area contributed by atoms with Gasteiger partial charge in [-0.05, 0) is 41.0 Å². The van der Waals surface area contributed by atoms with Crippen LogP contribution in [0.5, 0.6) is 0 Å². The Kier molecular flexibility index (Phi) is 5.42. The van der Waals surface area contributed by atoms with E-state index in [9.17, 15) is 9.90 Å². The third-order valence-corrected chi connectivity index (χ3v) is 2.31. The molecule has 16 heavy (non-hydrogen) atoms. The zero-order valence-corrected chi connectivity index (χ0v) is 11.3. The van der Waals surface area contributed by atoms with Crippen LogP contribution >= 0.6 is 0 Å². The minimum atomic E-state index is -0.781. The van der Waals surface area contributed by atoms with Gasteiger partial charge in [0.05, 0.1) is 5.60 Å². The van der Waals surface area contributed by atoms with Gasteiger partial charge in [0.15, 0.2) is 0 Å². The van der Waals surface area contributed by atoms with E-state index >= 15 is 0 Å². The van der Waals surface area contributed by atoms with E-state index in [2.05, 4.69) is 5.32 Å². The van der Waals surface area contributed by atoms with Crippen LogP contribution in [0, 0.1) is 0 Å². The summed E-state index contributed by atoms with van der Waals surface area (Å²) < 4.78 is 5.22. The predicted octanol–water partition coefficient (Wildman–Crippen LogP) is 1.47. The zero-order chi connectivity index (χ0) is 13.0. The van der Waals surface area contributed by atoms with Crippen LogP contribution in [-0.2, 0) is 9.53 Å². The molecule has 0 heterocycles. The second-order valence-electron chi connectivity index (χ2n) is 5.49. The van der Waals surface area contributed by atoms with Crippen molar-refractivity contribution in [3.8, 4) is 0 Å². The average Bonchev–Trinajstić information content (AvgIpc) is 2.11. The molecule has 4 nitrogen and oxygen atoms in total. The van der Waals surface area contributed by atoms with Crippen molar-refractivity contribution in [2.45, 2.75) is 65.2 Å². The van der Waals surface area contributed by atoms with Crippen LogP contribution in [-0.4, -0.2) is 34.9 Å². The van der Waals surface area contributed by atoms with E-state index in [-0.39, 0.29) is 5.97 Å². The lowest BCUT2D eigenvalue weighted by Crippen LogP contribution is -2.46. The van der Waals surface area contributed by atoms with Gasteiger partial charge in [0.1, 0.15) is 11.6 Å². The average molecular weight is 231 g/mol. The van der Waals surface area contributed by atoms with Crippen molar-refractivity contribution in [3.05, 3.63) is 0 Å². The monoisotopic (exact) mass is 231 g/mol. The minimum Gasteiger partial charge on any atom is -0.459 e. The molecule has 0 aromatic rings. The molecule has 0 bridgehead atoms. The normalized spacial score (nSPS) is 17.7. The molecule has 0 saturated heterocycles. The van der Waals surface area contributed by atoms with Crippen LogP contribution in [0.15, 0.2) is 0 Å². The summed E-state index contributed by atoms with van der Waals surface area (Å²) in [5.74, 6) is -0.292. The standard InChI is InChI=1S/C12H25NO3/c1-7-12(6,15)8-13-9(2)10(14)16-11(3,4)5/h9,13,15H,7-8H2,1-6H3. The fourth-order valence-electron chi connectivity index (χ4n) is 0.971. The van der Waals surface area contributed by atoms with E-state index in [1.54, 1.807) is 13.8 Å². The first-order valence-corrected chi connectivity index (χ1v) is 5.76. The van der Waals surface area contributed by atoms with Crippen LogP contribution in [0.1, 0.15) is 48.0 Å². The first kappa shape index (κ1) is 15.4. The number of esters is 1. The summed E-state index contributed by atoms with van der Waals surface area (Å²) in [6, 6.07) is -0.405. The second kappa shape index (κ2) is 5.64. The Balaban J connectivity index is 4.08. The number of hydrogen-bond donors (Lipinski definition) is 2. The molecule has 0 aromatic carbocycles. The third-order valence-electron chi connectivity index (χ3n) is 2.31. The van der Waals surface area contributed by atoms with Crippen molar-refractivity contribution in [1.82, 2.24) is 5.32 Å². The molecule has 0 aliphatic heterocycles. The number of ether oxygens (including phenoxy) is 1. The van der Waals surface area contributed by atoms with Gasteiger partial charge < -0.3 is 15.2 Å². The lowest BCUT2D eigenvalue weighted by atomic mass is 10.0. The van der Waals surface area contributed by atoms with Crippen LogP contribution in [0.4, 0.5) is 0 Å². The number of aliphatic hydroxyl groups is 1. The topological polar surface area (TPSA) is 58.6 Å². The molecule has 0 saturated carbocycles. The van der Waals surface area contributed by atoms with Crippen LogP contribution in [0.3, 0.4) is 0 Å². The van der Waals surface area contributed by atoms with Gasteiger partial charge in [-0.1, -0.05) is 6.92 Å². The molecule has 2 N–H and O–H groups in total. The van der Waals surface area contributed by atoms with Crippen molar-refractivity contribution in [2.75, 3.05) is 6.54 Å². The van der Waals surface area contributed by atoms with Gasteiger partial charge in [-0.25, -0.2) is 0 Å². The van der Waals surface area contributed by atoms with E-state index in [1.807, 2.05) is 27.7 Å². The third kappa shape index (κ3) is 6.80. The molecule has 0 aromatic heterocycles. The number of nitrogens with one attached hydrogen (secondary N) is 1. The highest BCUT2D eigenvalue weighted by Gasteiger charge is 2.24. The van der Waals surface area contributed by atoms with E-state index < -0.39 is 17.2 Å². The lowest BCUT2D eigenvalue weighted by Gasteiger charge is -2.26. The van der Waals surface area contributed by atoms with Gasteiger partial charge in [-0.3, -0.25) is 4.79 Å². The van der Waals surface area contributed by atoms with E-state index in [1.165, 1.54) is 0 Å². The van der Waals surface area contributed by atoms with Crippen LogP contribution < -0.4 is 5.32 Å². The second-order valence-corrected chi connectivity index (χ2v) is 5.49. The van der Waals surface area contributed by atoms with E-state index in [0.717, 1.165) is 0 Å². The lowest BCUT2D eigenvalue weighted by molar-refractivity contribution is -0.157. The molecule has 2 unspecified atom stereocenters. The first-order valence-electron chi connectivity index (χ1n) is 5.76. The number of carbonyl (C=O) groups excluding carboxylic acids is 1. The molecule has 0 spiro atoms. The molecular weight excluding hydrogens is 206 g/mol. The molecule has 0 fully saturated rings. The first-order chi connectivity index (χ1) is 7.07. The number of rotatable bonds is 5. The molecule has 0 aliphatic rings. The van der Waals surface area contributed by atoms with Gasteiger partial charge in [-0.15, -0.1) is 0 Å². The maximum atomic E-state index is 11.6. The molecule has 0 aliphatic carbocycles. The highest BCUT2D eigenvalue weighted by Crippen LogP contribution is 2.10. The van der Waals surface area contributed by atoms with Gasteiger partial charge in [0.2, 0.25) is 0 Å². The van der Waals surface area contributed by atoms with E-state index in [0.29, 0.717) is 13.0 Å². The van der Waals surface area contributed by atoms with Gasteiger partial charge in [0.25, 0.3) is 0 Å². The summed E-state index contributed by atoms with van der Waals surface area (Å²) in [5, 5.41) is 12.7. The summed E-state index contributed by atoms with van der Waals surface area (Å²) in [4.78, 5) is 11.6. The molecule has 96 valence electrons. The van der Waals surface area contributed by atoms with Crippen LogP contribution in [0.2, 0.25) is 0 Å². The number of carbonyl (C=O) groups is 1. The van der Waals surface area contributed by atoms with Crippen LogP contribution in [0.25, 0.3) is 0 Å². The summed E-state index contributed by atoms with van der Waals surface area (Å²) in [5.41, 5.74) is -1.25. The van der Waals surface area contributed by atoms with Crippen molar-refractivity contribution < 1.29 is 14.6 Å². The van der Waals surface area contributed by atoms with Crippen molar-refractivity contribution in [1.29, 1.82) is 0 Å². The maximum Gasteiger partial charge on any atom is 0.323 e. The molecule has 0 amide bonds. The Bertz CT molecular complexity index is 231. The Morgan fingerprint density at radius 2 is 1.88 bits per heavy atom. The highest BCUT2D eigenvalue weighted by atomic mass is 16.6. The molecule has 4 heteroatoms. The zero-order valence-electron chi connectivity index (χ0n) is 11.3. The Morgan fingerprint density at radius 3 is 2.25 bits per heavy atom. The summed E-state index contributed by atoms with van der Waals surface area (Å²) in [6.45, 7) is 11.3. The SMILES string of the molecule is CCC(C)(O)CNC(C)C(=O)OC(C)(C)C. The molecule has 0 rings (SSSR count). The van der Waals surface area contributed by atoms with Gasteiger partial charge >= 0.3 is 5.97 Å². The number of hydrogen-bond acceptors (Lipinski definition) is 4. The smallest absolute Gasteiger partial charge is 0.323 e. The van der Waals surface area contributed by atoms with E-state index in [4.69, 9.17) is 4.74 Å². The summed E-state index contributed by atoms with van der Waals surface area (Å²) in [6.07, 6.45) is 0.640. The highest BCUT2D eigenvalue weighted by molar-refractivity contribution is 5.75. The van der Waals surface area contributed by atoms with Crippen molar-refractivity contribution in [3.63, 3.8) is 0 Å². The Hall–Kier alpha value is -0.610. The van der Waals surface area contributed by atoms with Gasteiger partial charge in [-0.2, -0.15) is 0 Å². The van der Waals surface area contributed by atoms with Crippen molar-refractivity contribution in [2.24, 2.45) is 0 Å². The summed E-state index contributed by atoms with van der Waals surface area (Å²) in [7, 11) is 0. The Labute approximate surface area is 98.4 Å². The molecular formula is C12H25NO3.